The Balaban J connectivity index is 1.85. The maximum Gasteiger partial charge on any atom is 0.316 e. The molecule has 0 saturated heterocycles. The highest BCUT2D eigenvalue weighted by atomic mass is 32.2. The molecule has 0 fully saturated rings. The molecule has 1 aromatic carbocycles. The predicted octanol–water partition coefficient (Wildman–Crippen LogP) is 3.82. The van der Waals surface area contributed by atoms with Crippen molar-refractivity contribution in [2.75, 3.05) is 5.75 Å². The maximum atomic E-state index is 12.1. The van der Waals surface area contributed by atoms with Crippen LogP contribution in [0.15, 0.2) is 60.0 Å². The summed E-state index contributed by atoms with van der Waals surface area (Å²) in [5, 5.41) is 9.30. The van der Waals surface area contributed by atoms with Crippen LogP contribution in [0.25, 0.3) is 11.4 Å². The van der Waals surface area contributed by atoms with Gasteiger partial charge in [0.1, 0.15) is 5.60 Å². The number of nitrogens with zero attached hydrogens (tertiary/aromatic N) is 4. The molecule has 2 heterocycles. The predicted molar refractivity (Wildman–Crippen MR) is 105 cm³/mol. The smallest absolute Gasteiger partial charge is 0.316 e. The molecule has 0 spiro atoms. The average Bonchev–Trinajstić information content (AvgIpc) is 3.03. The zero-order chi connectivity index (χ0) is 19.3. The van der Waals surface area contributed by atoms with Gasteiger partial charge in [0.2, 0.25) is 0 Å². The van der Waals surface area contributed by atoms with E-state index in [9.17, 15) is 4.79 Å². The molecule has 0 atom stereocenters. The Morgan fingerprint density at radius 3 is 2.56 bits per heavy atom. The van der Waals surface area contributed by atoms with Crippen LogP contribution in [0.1, 0.15) is 26.3 Å². The molecule has 0 saturated carbocycles. The highest BCUT2D eigenvalue weighted by Crippen LogP contribution is 2.25. The Labute approximate surface area is 163 Å². The van der Waals surface area contributed by atoms with Gasteiger partial charge in [-0.3, -0.25) is 14.3 Å². The third kappa shape index (κ3) is 5.40. The number of benzene rings is 1. The molecule has 6 nitrogen and oxygen atoms in total. The van der Waals surface area contributed by atoms with E-state index >= 15 is 0 Å². The van der Waals surface area contributed by atoms with Gasteiger partial charge in [-0.2, -0.15) is 0 Å². The van der Waals surface area contributed by atoms with Crippen molar-refractivity contribution in [1.29, 1.82) is 0 Å². The van der Waals surface area contributed by atoms with Crippen LogP contribution in [0.3, 0.4) is 0 Å². The number of carbonyl (C=O) groups excluding carboxylic acids is 1. The average molecular weight is 382 g/mol. The number of rotatable bonds is 6. The molecule has 0 unspecified atom stereocenters. The number of thioether (sulfide) groups is 1. The zero-order valence-electron chi connectivity index (χ0n) is 15.6. The van der Waals surface area contributed by atoms with Gasteiger partial charge in [-0.15, -0.1) is 10.2 Å². The summed E-state index contributed by atoms with van der Waals surface area (Å²) in [6.45, 7) is 6.17. The van der Waals surface area contributed by atoms with E-state index in [1.807, 2.05) is 55.7 Å². The van der Waals surface area contributed by atoms with Gasteiger partial charge in [0.05, 0.1) is 12.3 Å². The van der Waals surface area contributed by atoms with Crippen LogP contribution in [-0.4, -0.2) is 37.1 Å². The summed E-state index contributed by atoms with van der Waals surface area (Å²) in [6, 6.07) is 13.9. The molecule has 140 valence electrons. The lowest BCUT2D eigenvalue weighted by Crippen LogP contribution is -2.25. The molecule has 27 heavy (non-hydrogen) atoms. The molecule has 0 aliphatic heterocycles. The van der Waals surface area contributed by atoms with E-state index in [4.69, 9.17) is 4.74 Å². The molecule has 3 aromatic rings. The van der Waals surface area contributed by atoms with Crippen LogP contribution in [0.2, 0.25) is 0 Å². The van der Waals surface area contributed by atoms with Crippen LogP contribution in [-0.2, 0) is 16.1 Å². The summed E-state index contributed by atoms with van der Waals surface area (Å²) < 4.78 is 7.38. The van der Waals surface area contributed by atoms with E-state index in [2.05, 4.69) is 27.3 Å². The molecular weight excluding hydrogens is 360 g/mol. The van der Waals surface area contributed by atoms with E-state index in [0.29, 0.717) is 11.7 Å². The van der Waals surface area contributed by atoms with Gasteiger partial charge in [-0.05, 0) is 38.5 Å². The lowest BCUT2D eigenvalue weighted by atomic mass is 10.2. The highest BCUT2D eigenvalue weighted by molar-refractivity contribution is 7.99. The summed E-state index contributed by atoms with van der Waals surface area (Å²) in [5.74, 6) is 0.625. The van der Waals surface area contributed by atoms with E-state index in [1.54, 1.807) is 12.4 Å². The largest absolute Gasteiger partial charge is 0.459 e. The number of hydrogen-bond acceptors (Lipinski definition) is 6. The van der Waals surface area contributed by atoms with E-state index in [-0.39, 0.29) is 11.7 Å². The van der Waals surface area contributed by atoms with Crippen molar-refractivity contribution < 1.29 is 9.53 Å². The zero-order valence-corrected chi connectivity index (χ0v) is 16.4. The highest BCUT2D eigenvalue weighted by Gasteiger charge is 2.19. The van der Waals surface area contributed by atoms with Crippen LogP contribution < -0.4 is 0 Å². The van der Waals surface area contributed by atoms with Crippen molar-refractivity contribution in [1.82, 2.24) is 19.7 Å². The fourth-order valence-corrected chi connectivity index (χ4v) is 3.22. The summed E-state index contributed by atoms with van der Waals surface area (Å²) in [6.07, 6.45) is 3.48. The summed E-state index contributed by atoms with van der Waals surface area (Å²) in [5.41, 5.74) is 1.50. The Kier molecular flexibility index (Phi) is 5.91. The number of aromatic nitrogens is 4. The normalized spacial score (nSPS) is 11.4. The van der Waals surface area contributed by atoms with Gasteiger partial charge in [-0.1, -0.05) is 42.1 Å². The standard InChI is InChI=1S/C20H22N4O2S/c1-20(2,3)26-17(25)14-27-19-23-22-18(16-10-7-11-21-12-16)24(19)13-15-8-5-4-6-9-15/h4-12H,13-14H2,1-3H3. The number of hydrogen-bond donors (Lipinski definition) is 0. The van der Waals surface area contributed by atoms with Crippen LogP contribution in [0, 0.1) is 0 Å². The molecular formula is C20H22N4O2S. The van der Waals surface area contributed by atoms with Crippen LogP contribution >= 0.6 is 11.8 Å². The second-order valence-corrected chi connectivity index (χ2v) is 7.94. The summed E-state index contributed by atoms with van der Waals surface area (Å²) in [7, 11) is 0. The minimum atomic E-state index is -0.504. The van der Waals surface area contributed by atoms with Crippen molar-refractivity contribution in [2.24, 2.45) is 0 Å². The molecule has 0 aliphatic carbocycles. The summed E-state index contributed by atoms with van der Waals surface area (Å²) in [4.78, 5) is 16.2. The molecule has 0 aliphatic rings. The third-order valence-corrected chi connectivity index (χ3v) is 4.50. The molecule has 7 heteroatoms. The Hall–Kier alpha value is -2.67. The SMILES string of the molecule is CC(C)(C)OC(=O)CSc1nnc(-c2cccnc2)n1Cc1ccccc1. The van der Waals surface area contributed by atoms with Crippen LogP contribution in [0.5, 0.6) is 0 Å². The van der Waals surface area contributed by atoms with Gasteiger partial charge in [0, 0.05) is 18.0 Å². The molecule has 0 amide bonds. The second kappa shape index (κ2) is 8.35. The van der Waals surface area contributed by atoms with Gasteiger partial charge >= 0.3 is 5.97 Å². The molecule has 3 rings (SSSR count). The molecule has 0 N–H and O–H groups in total. The van der Waals surface area contributed by atoms with Gasteiger partial charge in [0.15, 0.2) is 11.0 Å². The van der Waals surface area contributed by atoms with Crippen molar-refractivity contribution in [3.63, 3.8) is 0 Å². The van der Waals surface area contributed by atoms with Crippen LogP contribution in [0.4, 0.5) is 0 Å². The van der Waals surface area contributed by atoms with Gasteiger partial charge < -0.3 is 4.74 Å². The van der Waals surface area contributed by atoms with E-state index in [0.717, 1.165) is 17.0 Å². The minimum Gasteiger partial charge on any atom is -0.459 e. The maximum absolute atomic E-state index is 12.1. The number of carbonyl (C=O) groups is 1. The quantitative estimate of drug-likeness (QED) is 0.477. The first-order chi connectivity index (χ1) is 12.9. The van der Waals surface area contributed by atoms with E-state index in [1.165, 1.54) is 11.8 Å². The lowest BCUT2D eigenvalue weighted by molar-refractivity contribution is -0.151. The van der Waals surface area contributed by atoms with Crippen molar-refractivity contribution in [3.05, 3.63) is 60.4 Å². The fraction of sp³-hybridized carbons (Fsp3) is 0.300. The number of pyridine rings is 1. The Morgan fingerprint density at radius 2 is 1.89 bits per heavy atom. The van der Waals surface area contributed by atoms with E-state index < -0.39 is 5.60 Å². The van der Waals surface area contributed by atoms with Crippen molar-refractivity contribution in [3.8, 4) is 11.4 Å². The topological polar surface area (TPSA) is 69.9 Å². The van der Waals surface area contributed by atoms with Crippen molar-refractivity contribution in [2.45, 2.75) is 38.1 Å². The van der Waals surface area contributed by atoms with Crippen molar-refractivity contribution >= 4 is 17.7 Å². The monoisotopic (exact) mass is 382 g/mol. The first-order valence-corrected chi connectivity index (χ1v) is 9.63. The lowest BCUT2D eigenvalue weighted by Gasteiger charge is -2.19. The van der Waals surface area contributed by atoms with Gasteiger partial charge in [-0.25, -0.2) is 0 Å². The number of ether oxygens (including phenoxy) is 1. The Bertz CT molecular complexity index is 889. The first kappa shape index (κ1) is 19.1. The number of esters is 1. The second-order valence-electron chi connectivity index (χ2n) is 6.99. The third-order valence-electron chi connectivity index (χ3n) is 3.56. The molecule has 0 radical (unpaired) electrons. The molecule has 0 bridgehead atoms. The fourth-order valence-electron chi connectivity index (χ4n) is 2.51. The minimum absolute atomic E-state index is 0.178. The van der Waals surface area contributed by atoms with Gasteiger partial charge in [0.25, 0.3) is 0 Å². The molecule has 2 aromatic heterocycles. The summed E-state index contributed by atoms with van der Waals surface area (Å²) >= 11 is 1.32. The first-order valence-electron chi connectivity index (χ1n) is 8.64. The Morgan fingerprint density at radius 1 is 1.11 bits per heavy atom.